The molecule has 1 aromatic heterocycles. The Bertz CT molecular complexity index is 792. The molecule has 0 aliphatic carbocycles. The maximum Gasteiger partial charge on any atom is 0.427 e. The van der Waals surface area contributed by atoms with Gasteiger partial charge in [0, 0.05) is 44.4 Å². The minimum atomic E-state index is -4.86. The van der Waals surface area contributed by atoms with E-state index >= 15 is 0 Å². The molecule has 2 atom stereocenters. The number of sulfonamides is 1. The van der Waals surface area contributed by atoms with Crippen LogP contribution in [0.5, 0.6) is 0 Å². The minimum Gasteiger partial charge on any atom is -0.434 e. The molecule has 1 saturated heterocycles. The van der Waals surface area contributed by atoms with Crippen molar-refractivity contribution in [3.63, 3.8) is 0 Å². The van der Waals surface area contributed by atoms with Crippen LogP contribution < -0.4 is 0 Å². The number of aliphatic hydroxyl groups excluding tert-OH is 1. The zero-order valence-electron chi connectivity index (χ0n) is 17.0. The fraction of sp³-hybridized carbons (Fsp3) is 0.765. The smallest absolute Gasteiger partial charge is 0.427 e. The summed E-state index contributed by atoms with van der Waals surface area (Å²) in [6, 6.07) is -0.448. The van der Waals surface area contributed by atoms with Gasteiger partial charge in [0.15, 0.2) is 0 Å². The van der Waals surface area contributed by atoms with Crippen LogP contribution >= 0.6 is 11.3 Å². The highest BCUT2D eigenvalue weighted by Crippen LogP contribution is 2.24. The third kappa shape index (κ3) is 7.27. The minimum absolute atomic E-state index is 0.0126. The second-order valence-corrected chi connectivity index (χ2v) is 10.0. The molecule has 0 aromatic carbocycles. The molecular weight excluding hydrogens is 463 g/mol. The predicted molar refractivity (Wildman–Crippen MR) is 105 cm³/mol. The van der Waals surface area contributed by atoms with Crippen molar-refractivity contribution < 1.29 is 41.0 Å². The molecular formula is C17H26F3N3O6S2. The Labute approximate surface area is 182 Å². The Hall–Kier alpha value is -1.48. The summed E-state index contributed by atoms with van der Waals surface area (Å²) < 4.78 is 74.9. The van der Waals surface area contributed by atoms with Gasteiger partial charge < -0.3 is 19.5 Å². The first-order valence-electron chi connectivity index (χ1n) is 9.65. The van der Waals surface area contributed by atoms with Crippen LogP contribution in [0, 0.1) is 0 Å². The summed E-state index contributed by atoms with van der Waals surface area (Å²) in [5, 5.41) is 10.4. The summed E-state index contributed by atoms with van der Waals surface area (Å²) in [5.41, 5.74) is 0. The van der Waals surface area contributed by atoms with E-state index in [1.807, 2.05) is 0 Å². The summed E-state index contributed by atoms with van der Waals surface area (Å²) in [6.07, 6.45) is -5.47. The summed E-state index contributed by atoms with van der Waals surface area (Å²) in [4.78, 5) is 17.2. The predicted octanol–water partition coefficient (Wildman–Crippen LogP) is 2.08. The van der Waals surface area contributed by atoms with E-state index in [0.717, 1.165) is 16.2 Å². The van der Waals surface area contributed by atoms with E-state index in [1.54, 1.807) is 5.38 Å². The van der Waals surface area contributed by atoms with Crippen LogP contribution in [0.4, 0.5) is 18.0 Å². The van der Waals surface area contributed by atoms with E-state index in [-0.39, 0.29) is 30.6 Å². The average molecular weight is 490 g/mol. The SMILES string of the molecule is CN([C@@H]1CCCCN(C(=O)O[C@H](CO)C(F)(F)F)CCCOC1)S(=O)(=O)c1nccs1. The number of hydrogen-bond acceptors (Lipinski definition) is 8. The van der Waals surface area contributed by atoms with Crippen molar-refractivity contribution >= 4 is 27.5 Å². The van der Waals surface area contributed by atoms with Crippen LogP contribution in [0.2, 0.25) is 0 Å². The highest BCUT2D eigenvalue weighted by molar-refractivity contribution is 7.91. The van der Waals surface area contributed by atoms with Gasteiger partial charge in [0.1, 0.15) is 0 Å². The number of aromatic nitrogens is 1. The van der Waals surface area contributed by atoms with Crippen LogP contribution in [0.1, 0.15) is 25.7 Å². The molecule has 1 aliphatic rings. The van der Waals surface area contributed by atoms with Gasteiger partial charge in [-0.1, -0.05) is 6.42 Å². The van der Waals surface area contributed by atoms with Gasteiger partial charge in [-0.05, 0) is 19.3 Å². The zero-order chi connectivity index (χ0) is 23.1. The number of ether oxygens (including phenoxy) is 2. The highest BCUT2D eigenvalue weighted by atomic mass is 32.2. The summed E-state index contributed by atoms with van der Waals surface area (Å²) in [6.45, 7) is -0.759. The number of likely N-dealkylation sites (N-methyl/N-ethyl adjacent to an activating group) is 1. The molecule has 1 N–H and O–H groups in total. The molecule has 2 rings (SSSR count). The number of hydrogen-bond donors (Lipinski definition) is 1. The second-order valence-electron chi connectivity index (χ2n) is 6.98. The first kappa shape index (κ1) is 25.8. The number of carbonyl (C=O) groups is 1. The van der Waals surface area contributed by atoms with Crippen LogP contribution in [-0.2, 0) is 19.5 Å². The number of alkyl halides is 3. The van der Waals surface area contributed by atoms with E-state index in [2.05, 4.69) is 9.72 Å². The lowest BCUT2D eigenvalue weighted by Gasteiger charge is -2.26. The molecule has 0 saturated carbocycles. The lowest BCUT2D eigenvalue weighted by atomic mass is 10.1. The van der Waals surface area contributed by atoms with Crippen molar-refractivity contribution in [3.8, 4) is 0 Å². The molecule has 0 bridgehead atoms. The first-order chi connectivity index (χ1) is 14.6. The van der Waals surface area contributed by atoms with Gasteiger partial charge in [0.05, 0.1) is 13.2 Å². The second kappa shape index (κ2) is 11.4. The summed E-state index contributed by atoms with van der Waals surface area (Å²) in [7, 11) is -2.30. The lowest BCUT2D eigenvalue weighted by Crippen LogP contribution is -2.42. The fourth-order valence-corrected chi connectivity index (χ4v) is 5.35. The van der Waals surface area contributed by atoms with E-state index in [0.29, 0.717) is 25.7 Å². The number of carbonyl (C=O) groups excluding carboxylic acids is 1. The topological polar surface area (TPSA) is 109 Å². The van der Waals surface area contributed by atoms with Crippen molar-refractivity contribution in [2.24, 2.45) is 0 Å². The van der Waals surface area contributed by atoms with E-state index in [4.69, 9.17) is 9.84 Å². The molecule has 9 nitrogen and oxygen atoms in total. The largest absolute Gasteiger partial charge is 0.434 e. The molecule has 1 aliphatic heterocycles. The fourth-order valence-electron chi connectivity index (χ4n) is 2.98. The normalized spacial score (nSPS) is 20.8. The lowest BCUT2D eigenvalue weighted by molar-refractivity contribution is -0.214. The van der Waals surface area contributed by atoms with Crippen molar-refractivity contribution in [2.45, 2.75) is 48.3 Å². The van der Waals surface area contributed by atoms with E-state index < -0.39 is 41.0 Å². The molecule has 0 unspecified atom stereocenters. The molecule has 0 radical (unpaired) electrons. The van der Waals surface area contributed by atoms with Crippen molar-refractivity contribution in [1.29, 1.82) is 0 Å². The quantitative estimate of drug-likeness (QED) is 0.675. The van der Waals surface area contributed by atoms with Gasteiger partial charge >= 0.3 is 12.3 Å². The van der Waals surface area contributed by atoms with Gasteiger partial charge in [-0.2, -0.15) is 17.5 Å². The van der Waals surface area contributed by atoms with Crippen molar-refractivity contribution in [2.75, 3.05) is 40.0 Å². The summed E-state index contributed by atoms with van der Waals surface area (Å²) >= 11 is 1.02. The van der Waals surface area contributed by atoms with Gasteiger partial charge in [0.2, 0.25) is 10.4 Å². The van der Waals surface area contributed by atoms with E-state index in [1.165, 1.54) is 17.5 Å². The van der Waals surface area contributed by atoms with Crippen molar-refractivity contribution in [1.82, 2.24) is 14.2 Å². The molecule has 1 amide bonds. The van der Waals surface area contributed by atoms with Crippen LogP contribution in [0.3, 0.4) is 0 Å². The summed E-state index contributed by atoms with van der Waals surface area (Å²) in [5.74, 6) is 0. The molecule has 1 aromatic rings. The Balaban J connectivity index is 1.98. The van der Waals surface area contributed by atoms with Gasteiger partial charge in [-0.25, -0.2) is 18.2 Å². The standard InChI is InChI=1S/C17H26F3N3O6S2/c1-22(31(26,27)15-21-6-10-30-15)13-5-2-3-7-23(8-4-9-28-12-13)16(25)29-14(11-24)17(18,19)20/h6,10,13-14,24H,2-5,7-9,11-12H2,1H3/t13-,14-/m1/s1. The van der Waals surface area contributed by atoms with Gasteiger partial charge in [-0.3, -0.25) is 0 Å². The first-order valence-corrected chi connectivity index (χ1v) is 12.0. The Morgan fingerprint density at radius 1 is 1.42 bits per heavy atom. The molecule has 1 fully saturated rings. The molecule has 2 heterocycles. The molecule has 0 spiro atoms. The Morgan fingerprint density at radius 3 is 2.74 bits per heavy atom. The molecule has 178 valence electrons. The number of amides is 1. The number of rotatable bonds is 5. The number of aliphatic hydroxyl groups is 1. The Kier molecular flexibility index (Phi) is 9.48. The molecule has 31 heavy (non-hydrogen) atoms. The third-order valence-electron chi connectivity index (χ3n) is 4.80. The maximum atomic E-state index is 12.7. The van der Waals surface area contributed by atoms with Crippen molar-refractivity contribution in [3.05, 3.63) is 11.6 Å². The zero-order valence-corrected chi connectivity index (χ0v) is 18.6. The number of thiazole rings is 1. The average Bonchev–Trinajstić information content (AvgIpc) is 3.23. The van der Waals surface area contributed by atoms with Crippen LogP contribution in [-0.4, -0.2) is 92.1 Å². The maximum absolute atomic E-state index is 12.7. The van der Waals surface area contributed by atoms with Gasteiger partial charge in [0.25, 0.3) is 10.0 Å². The molecule has 14 heteroatoms. The third-order valence-corrected chi connectivity index (χ3v) is 7.89. The van der Waals surface area contributed by atoms with Gasteiger partial charge in [-0.15, -0.1) is 11.3 Å². The monoisotopic (exact) mass is 489 g/mol. The van der Waals surface area contributed by atoms with E-state index in [9.17, 15) is 26.4 Å². The van der Waals surface area contributed by atoms with Crippen LogP contribution in [0.25, 0.3) is 0 Å². The number of halogens is 3. The van der Waals surface area contributed by atoms with Crippen LogP contribution in [0.15, 0.2) is 15.9 Å². The highest BCUT2D eigenvalue weighted by Gasteiger charge is 2.43. The Morgan fingerprint density at radius 2 is 2.13 bits per heavy atom. The number of nitrogens with zero attached hydrogens (tertiary/aromatic N) is 3.